The molecule has 552 valence electrons. The standard InChI is InChI=1S/C79H120O18Si2/c1-46-56(96-98(11,12)76(2,3)4)36-62-60(83-46)39-69-55(86-62)27-29-74-79(9,95-69)43-72-67(92-74)38-64-65(91-72)37-63-66(89-64)40-68-54(87-63)26-28-73-78(8,94-68)32-30-50(85-73)34-57-52(82-45-48-20-22-49(80-10)23-21-48)24-25-53-59(88-57)41-70-75(93-53)71(97-99(13,14)77(5,6)7)42-61-58(90-70)35-51(84-61)31-33-81-44-47-18-16-15-17-19-47/h15-23,30,46,51-75H,24-29,31-45H2,1-14H3/t46-,51+,52+,53-,54+,55+,56+,57-,58+,59+,60+,61-,62-,63-,64-,65+,66+,67+,68-,69-,70-,71+,72-,73-,74-,75-,78+,79+/m1/s1. The Morgan fingerprint density at radius 2 is 1.00 bits per heavy atom. The largest absolute Gasteiger partial charge is 0.497 e. The first-order valence-electron chi connectivity index (χ1n) is 38.7. The highest BCUT2D eigenvalue weighted by molar-refractivity contribution is 6.74. The molecule has 0 unspecified atom stereocenters. The van der Waals surface area contributed by atoms with E-state index in [1.54, 1.807) is 7.11 Å². The summed E-state index contributed by atoms with van der Waals surface area (Å²) in [5, 5.41) is 0.126. The molecule has 2 aromatic rings. The van der Waals surface area contributed by atoms with Crippen molar-refractivity contribution in [2.75, 3.05) is 13.7 Å². The van der Waals surface area contributed by atoms with E-state index in [0.717, 1.165) is 113 Å². The van der Waals surface area contributed by atoms with Gasteiger partial charge in [0.25, 0.3) is 0 Å². The lowest BCUT2D eigenvalue weighted by atomic mass is 9.80. The minimum atomic E-state index is -2.26. The zero-order valence-corrected chi connectivity index (χ0v) is 64.0. The second-order valence-corrected chi connectivity index (χ2v) is 45.1. The van der Waals surface area contributed by atoms with Crippen LogP contribution in [0.1, 0.15) is 189 Å². The van der Waals surface area contributed by atoms with Gasteiger partial charge in [-0.05, 0) is 131 Å². The molecule has 20 heteroatoms. The Morgan fingerprint density at radius 1 is 0.475 bits per heavy atom. The van der Waals surface area contributed by atoms with Crippen LogP contribution in [0.25, 0.3) is 0 Å². The van der Waals surface area contributed by atoms with Gasteiger partial charge in [0.1, 0.15) is 23.6 Å². The van der Waals surface area contributed by atoms with Gasteiger partial charge in [-0.15, -0.1) is 0 Å². The van der Waals surface area contributed by atoms with Crippen molar-refractivity contribution in [3.63, 3.8) is 0 Å². The Balaban J connectivity index is 0.588. The van der Waals surface area contributed by atoms with E-state index in [9.17, 15) is 0 Å². The molecular weight excluding hydrogens is 1290 g/mol. The summed E-state index contributed by atoms with van der Waals surface area (Å²) in [7, 11) is -2.56. The molecule has 13 aliphatic heterocycles. The van der Waals surface area contributed by atoms with Gasteiger partial charge in [0.15, 0.2) is 16.6 Å². The molecule has 0 N–H and O–H groups in total. The summed E-state index contributed by atoms with van der Waals surface area (Å²) in [6.07, 6.45) is 13.3. The van der Waals surface area contributed by atoms with Crippen LogP contribution in [-0.4, -0.2) is 200 Å². The van der Waals surface area contributed by atoms with Gasteiger partial charge >= 0.3 is 0 Å². The zero-order chi connectivity index (χ0) is 69.0. The monoisotopic (exact) mass is 1410 g/mol. The van der Waals surface area contributed by atoms with Crippen molar-refractivity contribution in [3.8, 4) is 5.75 Å². The molecule has 12 fully saturated rings. The summed E-state index contributed by atoms with van der Waals surface area (Å²) in [5.74, 6) is 1.74. The molecule has 0 amide bonds. The predicted octanol–water partition coefficient (Wildman–Crippen LogP) is 13.9. The number of rotatable bonds is 15. The van der Waals surface area contributed by atoms with Gasteiger partial charge in [0.2, 0.25) is 0 Å². The Bertz CT molecular complexity index is 3070. The Labute approximate surface area is 592 Å². The maximum absolute atomic E-state index is 7.50. The molecule has 0 aliphatic carbocycles. The Morgan fingerprint density at radius 3 is 1.69 bits per heavy atom. The van der Waals surface area contributed by atoms with Crippen molar-refractivity contribution < 1.29 is 84.6 Å². The second-order valence-electron chi connectivity index (χ2n) is 35.6. The topological polar surface area (TPSA) is 166 Å². The van der Waals surface area contributed by atoms with Crippen LogP contribution in [0.4, 0.5) is 0 Å². The van der Waals surface area contributed by atoms with Crippen LogP contribution in [0.5, 0.6) is 5.75 Å². The molecule has 18 nitrogen and oxygen atoms in total. The number of benzene rings is 2. The van der Waals surface area contributed by atoms with E-state index in [2.05, 4.69) is 131 Å². The van der Waals surface area contributed by atoms with Crippen LogP contribution in [-0.2, 0) is 93.1 Å². The van der Waals surface area contributed by atoms with Crippen LogP contribution in [0.3, 0.4) is 0 Å². The van der Waals surface area contributed by atoms with Crippen molar-refractivity contribution in [3.05, 3.63) is 77.6 Å². The third-order valence-electron chi connectivity index (χ3n) is 26.5. The average Bonchev–Trinajstić information content (AvgIpc) is 1.74. The molecule has 28 atom stereocenters. The first-order valence-corrected chi connectivity index (χ1v) is 44.5. The highest BCUT2D eigenvalue weighted by Gasteiger charge is 2.61. The molecule has 13 heterocycles. The third-order valence-corrected chi connectivity index (χ3v) is 35.5. The van der Waals surface area contributed by atoms with Gasteiger partial charge in [0.05, 0.1) is 178 Å². The van der Waals surface area contributed by atoms with Gasteiger partial charge in [0, 0.05) is 77.2 Å². The van der Waals surface area contributed by atoms with Gasteiger partial charge in [-0.25, -0.2) is 0 Å². The molecule has 0 radical (unpaired) electrons. The van der Waals surface area contributed by atoms with Crippen LogP contribution < -0.4 is 4.74 Å². The van der Waals surface area contributed by atoms with E-state index in [1.165, 1.54) is 5.56 Å². The van der Waals surface area contributed by atoms with Gasteiger partial charge < -0.3 is 84.6 Å². The van der Waals surface area contributed by atoms with Crippen LogP contribution >= 0.6 is 0 Å². The van der Waals surface area contributed by atoms with Crippen molar-refractivity contribution in [2.45, 2.75) is 397 Å². The average molecular weight is 1410 g/mol. The van der Waals surface area contributed by atoms with Gasteiger partial charge in [-0.3, -0.25) is 0 Å². The smallest absolute Gasteiger partial charge is 0.192 e. The fraction of sp³-hybridized carbons (Fsp3) is 0.823. The summed E-state index contributed by atoms with van der Waals surface area (Å²) in [6, 6.07) is 18.5. The molecule has 0 aromatic heterocycles. The van der Waals surface area contributed by atoms with Crippen LogP contribution in [0.15, 0.2) is 66.4 Å². The fourth-order valence-corrected chi connectivity index (χ4v) is 21.4. The molecular formula is C79H120O18Si2. The lowest BCUT2D eigenvalue weighted by Crippen LogP contribution is -2.65. The lowest BCUT2D eigenvalue weighted by molar-refractivity contribution is -0.325. The number of ether oxygens (including phenoxy) is 16. The molecule has 0 spiro atoms. The van der Waals surface area contributed by atoms with Gasteiger partial charge in [-0.1, -0.05) is 84.0 Å². The molecule has 0 saturated carbocycles. The zero-order valence-electron chi connectivity index (χ0n) is 62.0. The lowest BCUT2D eigenvalue weighted by Gasteiger charge is -2.55. The molecule has 15 rings (SSSR count). The van der Waals surface area contributed by atoms with E-state index < -0.39 is 27.8 Å². The van der Waals surface area contributed by atoms with Crippen LogP contribution in [0, 0.1) is 0 Å². The summed E-state index contributed by atoms with van der Waals surface area (Å²) in [4.78, 5) is 0. The minimum absolute atomic E-state index is 0.00548. The first kappa shape index (κ1) is 72.1. The summed E-state index contributed by atoms with van der Waals surface area (Å²) in [5.41, 5.74) is 1.17. The van der Waals surface area contributed by atoms with Gasteiger partial charge in [-0.2, -0.15) is 0 Å². The van der Waals surface area contributed by atoms with Crippen LogP contribution in [0.2, 0.25) is 36.3 Å². The minimum Gasteiger partial charge on any atom is -0.497 e. The summed E-state index contributed by atoms with van der Waals surface area (Å²) >= 11 is 0. The predicted molar refractivity (Wildman–Crippen MR) is 377 cm³/mol. The Kier molecular flexibility index (Phi) is 20.9. The SMILES string of the molecule is COc1ccc(CO[C@H]2CC[C@H]3O[C@H]4[C@@H](O[Si](C)(C)C(C)(C)C)C[C@H]5O[C@@H](CCOCc6ccccc6)C[C@@H]5O[C@@H]4C[C@@H]3O[C@@H]2CC2=CC[C@]3(C)O[C@@H]4C[C@@H]5O[C@@H]6C[C@@H]7O[C@@H]8CC[C@@H]9O[C@@H]%10C[C@H](O[Si](C)(C)C(C)(C)C)[C@@H](C)O[C@H]%10C[C@H]9O[C@@]8(C)C[C@H]7O[C@H]6C[C@H]5O[C@H]4CC[C@H]3O2)cc1. The number of fused-ring (bicyclic) bond motifs is 11. The van der Waals surface area contributed by atoms with E-state index in [4.69, 9.17) is 84.6 Å². The Hall–Kier alpha value is -2.43. The highest BCUT2D eigenvalue weighted by Crippen LogP contribution is 2.52. The summed E-state index contributed by atoms with van der Waals surface area (Å²) in [6.45, 7) is 31.5. The normalized spacial score (nSPS) is 44.5. The maximum atomic E-state index is 7.50. The maximum Gasteiger partial charge on any atom is 0.192 e. The molecule has 0 bridgehead atoms. The van der Waals surface area contributed by atoms with E-state index in [1.807, 2.05) is 18.2 Å². The van der Waals surface area contributed by atoms with Crippen molar-refractivity contribution in [1.29, 1.82) is 0 Å². The first-order chi connectivity index (χ1) is 47.2. The van der Waals surface area contributed by atoms with Crippen molar-refractivity contribution in [1.82, 2.24) is 0 Å². The molecule has 2 aromatic carbocycles. The fourth-order valence-electron chi connectivity index (χ4n) is 18.6. The number of methoxy groups -OCH3 is 1. The molecule has 99 heavy (non-hydrogen) atoms. The summed E-state index contributed by atoms with van der Waals surface area (Å²) < 4.78 is 126. The van der Waals surface area contributed by atoms with E-state index in [-0.39, 0.29) is 169 Å². The molecule has 13 aliphatic rings. The highest BCUT2D eigenvalue weighted by atomic mass is 28.4. The second kappa shape index (κ2) is 28.7. The van der Waals surface area contributed by atoms with E-state index in [0.29, 0.717) is 39.1 Å². The quantitative estimate of drug-likeness (QED) is 0.122. The number of hydrogen-bond donors (Lipinski definition) is 0. The molecule has 12 saturated heterocycles. The van der Waals surface area contributed by atoms with Crippen molar-refractivity contribution >= 4 is 16.6 Å². The third kappa shape index (κ3) is 15.3. The number of hydrogen-bond acceptors (Lipinski definition) is 18. The van der Waals surface area contributed by atoms with E-state index >= 15 is 0 Å². The van der Waals surface area contributed by atoms with Crippen molar-refractivity contribution in [2.24, 2.45) is 0 Å².